The van der Waals surface area contributed by atoms with Gasteiger partial charge in [-0.25, -0.2) is 4.39 Å². The van der Waals surface area contributed by atoms with Gasteiger partial charge in [-0.15, -0.1) is 0 Å². The van der Waals surface area contributed by atoms with Crippen molar-refractivity contribution in [3.05, 3.63) is 41.3 Å². The Morgan fingerprint density at radius 1 is 1.27 bits per heavy atom. The van der Waals surface area contributed by atoms with Gasteiger partial charge < -0.3 is 9.42 Å². The first kappa shape index (κ1) is 18.5. The molecule has 3 rings (SSSR count). The number of carbonyl (C=O) groups is 1. The standard InChI is InChI=1S/C19H25FN4O2/c1-3-4-5-19-21-18(22-26-19)13-23-8-10-24(11-9-23)17-7-6-15(14(2)25)12-16(17)20/h6-7,12H,3-5,8-11,13H2,1-2H3. The SMILES string of the molecule is CCCCc1nc(CN2CCN(c3ccc(C(C)=O)cc3F)CC2)no1. The van der Waals surface area contributed by atoms with Crippen molar-refractivity contribution in [1.82, 2.24) is 15.0 Å². The molecule has 7 heteroatoms. The maximum atomic E-state index is 14.3. The van der Waals surface area contributed by atoms with Crippen LogP contribution in [0.25, 0.3) is 0 Å². The first-order valence-corrected chi connectivity index (χ1v) is 9.16. The minimum absolute atomic E-state index is 0.126. The molecule has 0 radical (unpaired) electrons. The predicted octanol–water partition coefficient (Wildman–Crippen LogP) is 3.08. The molecule has 1 aliphatic heterocycles. The minimum atomic E-state index is -0.343. The van der Waals surface area contributed by atoms with Crippen LogP contribution in [0.1, 0.15) is 48.8 Å². The Bertz CT molecular complexity index is 754. The van der Waals surface area contributed by atoms with E-state index in [1.54, 1.807) is 12.1 Å². The van der Waals surface area contributed by atoms with Gasteiger partial charge in [0.1, 0.15) is 5.82 Å². The van der Waals surface area contributed by atoms with Crippen LogP contribution < -0.4 is 4.90 Å². The van der Waals surface area contributed by atoms with Crippen LogP contribution in [0.4, 0.5) is 10.1 Å². The topological polar surface area (TPSA) is 62.5 Å². The van der Waals surface area contributed by atoms with Crippen LogP contribution in [-0.2, 0) is 13.0 Å². The summed E-state index contributed by atoms with van der Waals surface area (Å²) in [7, 11) is 0. The molecular formula is C19H25FN4O2. The van der Waals surface area contributed by atoms with E-state index in [4.69, 9.17) is 4.52 Å². The zero-order valence-corrected chi connectivity index (χ0v) is 15.4. The van der Waals surface area contributed by atoms with Crippen LogP contribution in [-0.4, -0.2) is 47.0 Å². The van der Waals surface area contributed by atoms with Crippen LogP contribution >= 0.6 is 0 Å². The van der Waals surface area contributed by atoms with Crippen LogP contribution in [0, 0.1) is 5.82 Å². The Morgan fingerprint density at radius 3 is 2.69 bits per heavy atom. The summed E-state index contributed by atoms with van der Waals surface area (Å²) in [4.78, 5) is 20.0. The summed E-state index contributed by atoms with van der Waals surface area (Å²) in [6.07, 6.45) is 2.98. The number of hydrogen-bond acceptors (Lipinski definition) is 6. The van der Waals surface area contributed by atoms with Crippen molar-refractivity contribution in [1.29, 1.82) is 0 Å². The van der Waals surface area contributed by atoms with Crippen molar-refractivity contribution >= 4 is 11.5 Å². The van der Waals surface area contributed by atoms with Crippen molar-refractivity contribution < 1.29 is 13.7 Å². The molecule has 0 spiro atoms. The average Bonchev–Trinajstić information content (AvgIpc) is 3.08. The maximum absolute atomic E-state index is 14.3. The summed E-state index contributed by atoms with van der Waals surface area (Å²) < 4.78 is 19.6. The second-order valence-corrected chi connectivity index (χ2v) is 6.69. The summed E-state index contributed by atoms with van der Waals surface area (Å²) in [5.41, 5.74) is 0.955. The monoisotopic (exact) mass is 360 g/mol. The first-order valence-electron chi connectivity index (χ1n) is 9.16. The number of ketones is 1. The lowest BCUT2D eigenvalue weighted by molar-refractivity contribution is 0.101. The number of anilines is 1. The highest BCUT2D eigenvalue weighted by molar-refractivity contribution is 5.94. The van der Waals surface area contributed by atoms with Crippen molar-refractivity contribution in [2.24, 2.45) is 0 Å². The van der Waals surface area contributed by atoms with Gasteiger partial charge in [-0.1, -0.05) is 18.5 Å². The maximum Gasteiger partial charge on any atom is 0.226 e. The summed E-state index contributed by atoms with van der Waals surface area (Å²) in [6, 6.07) is 4.70. The molecule has 140 valence electrons. The number of nitrogens with zero attached hydrogens (tertiary/aromatic N) is 4. The highest BCUT2D eigenvalue weighted by Crippen LogP contribution is 2.22. The van der Waals surface area contributed by atoms with Gasteiger partial charge in [-0.3, -0.25) is 9.69 Å². The van der Waals surface area contributed by atoms with E-state index >= 15 is 0 Å². The molecule has 1 saturated heterocycles. The summed E-state index contributed by atoms with van der Waals surface area (Å²) >= 11 is 0. The largest absolute Gasteiger partial charge is 0.367 e. The predicted molar refractivity (Wildman–Crippen MR) is 96.8 cm³/mol. The van der Waals surface area contributed by atoms with Crippen molar-refractivity contribution in [2.75, 3.05) is 31.1 Å². The number of halogens is 1. The van der Waals surface area contributed by atoms with Gasteiger partial charge in [0.25, 0.3) is 0 Å². The zero-order valence-electron chi connectivity index (χ0n) is 15.4. The van der Waals surface area contributed by atoms with E-state index in [9.17, 15) is 9.18 Å². The number of carbonyl (C=O) groups excluding carboxylic acids is 1. The average molecular weight is 360 g/mol. The molecule has 0 N–H and O–H groups in total. The fourth-order valence-electron chi connectivity index (χ4n) is 3.11. The van der Waals surface area contributed by atoms with E-state index in [1.807, 2.05) is 4.90 Å². The second-order valence-electron chi connectivity index (χ2n) is 6.69. The first-order chi connectivity index (χ1) is 12.6. The van der Waals surface area contributed by atoms with Gasteiger partial charge in [-0.2, -0.15) is 4.98 Å². The lowest BCUT2D eigenvalue weighted by Crippen LogP contribution is -2.46. The highest BCUT2D eigenvalue weighted by atomic mass is 19.1. The molecule has 0 atom stereocenters. The van der Waals surface area contributed by atoms with E-state index in [1.165, 1.54) is 13.0 Å². The van der Waals surface area contributed by atoms with Gasteiger partial charge in [0.05, 0.1) is 12.2 Å². The third-order valence-electron chi connectivity index (χ3n) is 4.69. The molecule has 1 aromatic heterocycles. The lowest BCUT2D eigenvalue weighted by Gasteiger charge is -2.35. The third-order valence-corrected chi connectivity index (χ3v) is 4.69. The van der Waals surface area contributed by atoms with Crippen molar-refractivity contribution in [3.63, 3.8) is 0 Å². The summed E-state index contributed by atoms with van der Waals surface area (Å²) in [5, 5.41) is 4.05. The molecule has 0 aliphatic carbocycles. The van der Waals surface area contributed by atoms with Crippen molar-refractivity contribution in [2.45, 2.75) is 39.7 Å². The van der Waals surface area contributed by atoms with Gasteiger partial charge >= 0.3 is 0 Å². The summed E-state index contributed by atoms with van der Waals surface area (Å²) in [6.45, 7) is 7.26. The minimum Gasteiger partial charge on any atom is -0.367 e. The van der Waals surface area contributed by atoms with Crippen LogP contribution in [0.5, 0.6) is 0 Å². The highest BCUT2D eigenvalue weighted by Gasteiger charge is 2.21. The number of hydrogen-bond donors (Lipinski definition) is 0. The van der Waals surface area contributed by atoms with E-state index in [2.05, 4.69) is 22.0 Å². The van der Waals surface area contributed by atoms with E-state index < -0.39 is 0 Å². The molecule has 0 saturated carbocycles. The Morgan fingerprint density at radius 2 is 2.04 bits per heavy atom. The smallest absolute Gasteiger partial charge is 0.226 e. The molecule has 0 unspecified atom stereocenters. The Kier molecular flexibility index (Phi) is 5.98. The fraction of sp³-hybridized carbons (Fsp3) is 0.526. The third kappa shape index (κ3) is 4.46. The van der Waals surface area contributed by atoms with Gasteiger partial charge in [0.15, 0.2) is 11.6 Å². The van der Waals surface area contributed by atoms with Gasteiger partial charge in [0.2, 0.25) is 5.89 Å². The lowest BCUT2D eigenvalue weighted by atomic mass is 10.1. The molecule has 1 aliphatic rings. The normalized spacial score (nSPS) is 15.4. The molecule has 26 heavy (non-hydrogen) atoms. The molecule has 1 aromatic carbocycles. The van der Waals surface area contributed by atoms with Gasteiger partial charge in [0, 0.05) is 38.2 Å². The van der Waals surface area contributed by atoms with Crippen LogP contribution in [0.3, 0.4) is 0 Å². The van der Waals surface area contributed by atoms with Crippen LogP contribution in [0.2, 0.25) is 0 Å². The molecule has 6 nitrogen and oxygen atoms in total. The number of unbranched alkanes of at least 4 members (excludes halogenated alkanes) is 1. The number of Topliss-reactive ketones (excluding diaryl/α,β-unsaturated/α-hetero) is 1. The van der Waals surface area contributed by atoms with E-state index in [0.29, 0.717) is 29.5 Å². The number of aryl methyl sites for hydroxylation is 1. The Hall–Kier alpha value is -2.28. The molecular weight excluding hydrogens is 335 g/mol. The van der Waals surface area contributed by atoms with Gasteiger partial charge in [-0.05, 0) is 31.5 Å². The molecule has 1 fully saturated rings. The Balaban J connectivity index is 1.54. The molecule has 0 amide bonds. The number of rotatable bonds is 7. The molecule has 0 bridgehead atoms. The fourth-order valence-corrected chi connectivity index (χ4v) is 3.11. The number of piperazine rings is 1. The summed E-state index contributed by atoms with van der Waals surface area (Å²) in [5.74, 6) is 0.943. The van der Waals surface area contributed by atoms with E-state index in [-0.39, 0.29) is 11.6 Å². The van der Waals surface area contributed by atoms with E-state index in [0.717, 1.165) is 45.4 Å². The van der Waals surface area contributed by atoms with Crippen molar-refractivity contribution in [3.8, 4) is 0 Å². The quantitative estimate of drug-likeness (QED) is 0.707. The number of benzene rings is 1. The van der Waals surface area contributed by atoms with Crippen LogP contribution in [0.15, 0.2) is 22.7 Å². The molecule has 2 heterocycles. The number of aromatic nitrogens is 2. The Labute approximate surface area is 153 Å². The second kappa shape index (κ2) is 8.40. The molecule has 2 aromatic rings. The zero-order chi connectivity index (χ0) is 18.5.